The Balaban J connectivity index is 1.53. The molecule has 1 N–H and O–H groups in total. The highest BCUT2D eigenvalue weighted by Gasteiger charge is 2.15. The van der Waals surface area contributed by atoms with Crippen LogP contribution in [0.15, 0.2) is 83.7 Å². The summed E-state index contributed by atoms with van der Waals surface area (Å²) in [6, 6.07) is 23.5. The maximum absolute atomic E-state index is 12.9. The van der Waals surface area contributed by atoms with Crippen molar-refractivity contribution < 1.29 is 9.53 Å². The van der Waals surface area contributed by atoms with E-state index in [4.69, 9.17) is 4.74 Å². The minimum Gasteiger partial charge on any atom is -0.481 e. The first kappa shape index (κ1) is 19.4. The Bertz CT molecular complexity index is 1250. The van der Waals surface area contributed by atoms with Crippen molar-refractivity contribution >= 4 is 22.5 Å². The van der Waals surface area contributed by atoms with E-state index in [2.05, 4.69) is 10.3 Å². The Labute approximate surface area is 173 Å². The second-order valence-electron chi connectivity index (χ2n) is 6.93. The number of fused-ring (bicyclic) bond motifs is 1. The van der Waals surface area contributed by atoms with Crippen LogP contribution in [-0.4, -0.2) is 21.6 Å². The van der Waals surface area contributed by atoms with Gasteiger partial charge in [0.2, 0.25) is 0 Å². The topological polar surface area (TPSA) is 73.2 Å². The number of aryl methyl sites for hydroxylation is 1. The molecule has 1 heterocycles. The molecule has 0 bridgehead atoms. The van der Waals surface area contributed by atoms with Crippen LogP contribution in [0.5, 0.6) is 5.75 Å². The second-order valence-corrected chi connectivity index (χ2v) is 6.93. The van der Waals surface area contributed by atoms with Gasteiger partial charge in [-0.3, -0.25) is 14.2 Å². The average molecular weight is 399 g/mol. The zero-order valence-electron chi connectivity index (χ0n) is 16.7. The fourth-order valence-corrected chi connectivity index (χ4v) is 3.24. The van der Waals surface area contributed by atoms with Crippen LogP contribution in [0.1, 0.15) is 12.7 Å². The van der Waals surface area contributed by atoms with Crippen molar-refractivity contribution in [1.29, 1.82) is 0 Å². The van der Waals surface area contributed by atoms with Gasteiger partial charge in [-0.05, 0) is 62.4 Å². The Kier molecular flexibility index (Phi) is 5.30. The Morgan fingerprint density at radius 3 is 2.37 bits per heavy atom. The molecule has 0 aliphatic heterocycles. The van der Waals surface area contributed by atoms with Crippen molar-refractivity contribution in [3.63, 3.8) is 0 Å². The smallest absolute Gasteiger partial charge is 0.265 e. The molecule has 4 rings (SSSR count). The lowest BCUT2D eigenvalue weighted by Crippen LogP contribution is -2.30. The minimum atomic E-state index is -0.651. The van der Waals surface area contributed by atoms with Crippen LogP contribution in [0.4, 0.5) is 5.69 Å². The number of nitrogens with one attached hydrogen (secondary N) is 1. The largest absolute Gasteiger partial charge is 0.481 e. The summed E-state index contributed by atoms with van der Waals surface area (Å²) in [5.74, 6) is 0.974. The molecule has 0 fully saturated rings. The van der Waals surface area contributed by atoms with Crippen molar-refractivity contribution in [2.45, 2.75) is 20.0 Å². The van der Waals surface area contributed by atoms with Crippen LogP contribution >= 0.6 is 0 Å². The highest BCUT2D eigenvalue weighted by molar-refractivity contribution is 5.94. The van der Waals surface area contributed by atoms with E-state index in [0.717, 1.165) is 0 Å². The van der Waals surface area contributed by atoms with Gasteiger partial charge in [-0.15, -0.1) is 0 Å². The quantitative estimate of drug-likeness (QED) is 0.548. The van der Waals surface area contributed by atoms with E-state index in [1.165, 1.54) is 0 Å². The normalized spacial score (nSPS) is 11.8. The fourth-order valence-electron chi connectivity index (χ4n) is 3.24. The average Bonchev–Trinajstić information content (AvgIpc) is 2.75. The number of hydrogen-bond donors (Lipinski definition) is 1. The molecule has 6 nitrogen and oxygen atoms in total. The molecular weight excluding hydrogens is 378 g/mol. The Hall–Kier alpha value is -3.93. The lowest BCUT2D eigenvalue weighted by molar-refractivity contribution is -0.122. The number of para-hydroxylation sites is 2. The van der Waals surface area contributed by atoms with Gasteiger partial charge < -0.3 is 10.1 Å². The number of aromatic nitrogens is 2. The van der Waals surface area contributed by atoms with Gasteiger partial charge in [0.15, 0.2) is 6.10 Å². The van der Waals surface area contributed by atoms with E-state index < -0.39 is 6.10 Å². The number of hydrogen-bond acceptors (Lipinski definition) is 4. The second kappa shape index (κ2) is 8.21. The molecule has 1 amide bonds. The Morgan fingerprint density at radius 1 is 0.967 bits per heavy atom. The number of carbonyl (C=O) groups excluding carboxylic acids is 1. The number of ether oxygens (including phenoxy) is 1. The molecule has 3 aromatic carbocycles. The van der Waals surface area contributed by atoms with Gasteiger partial charge in [0, 0.05) is 5.69 Å². The number of rotatable bonds is 5. The van der Waals surface area contributed by atoms with Crippen LogP contribution in [0.2, 0.25) is 0 Å². The molecule has 0 aliphatic carbocycles. The first-order valence-electron chi connectivity index (χ1n) is 9.64. The van der Waals surface area contributed by atoms with Crippen LogP contribution in [0.3, 0.4) is 0 Å². The molecule has 0 unspecified atom stereocenters. The zero-order chi connectivity index (χ0) is 21.1. The van der Waals surface area contributed by atoms with Crippen molar-refractivity contribution in [3.05, 3.63) is 95.0 Å². The lowest BCUT2D eigenvalue weighted by Gasteiger charge is -2.15. The first-order valence-corrected chi connectivity index (χ1v) is 9.64. The third kappa shape index (κ3) is 3.93. The number of nitrogens with zero attached hydrogens (tertiary/aromatic N) is 2. The third-order valence-corrected chi connectivity index (χ3v) is 4.76. The Morgan fingerprint density at radius 2 is 1.63 bits per heavy atom. The summed E-state index contributed by atoms with van der Waals surface area (Å²) < 4.78 is 7.21. The summed E-state index contributed by atoms with van der Waals surface area (Å²) >= 11 is 0. The third-order valence-electron chi connectivity index (χ3n) is 4.76. The van der Waals surface area contributed by atoms with E-state index in [9.17, 15) is 9.59 Å². The lowest BCUT2D eigenvalue weighted by atomic mass is 10.2. The highest BCUT2D eigenvalue weighted by atomic mass is 16.5. The minimum absolute atomic E-state index is 0.125. The van der Waals surface area contributed by atoms with Crippen molar-refractivity contribution in [1.82, 2.24) is 9.55 Å². The molecular formula is C24H21N3O3. The first-order chi connectivity index (χ1) is 14.5. The van der Waals surface area contributed by atoms with Crippen LogP contribution in [0, 0.1) is 6.92 Å². The molecule has 30 heavy (non-hydrogen) atoms. The molecule has 0 saturated carbocycles. The van der Waals surface area contributed by atoms with E-state index in [0.29, 0.717) is 33.9 Å². The molecule has 0 saturated heterocycles. The van der Waals surface area contributed by atoms with Gasteiger partial charge in [-0.1, -0.05) is 30.3 Å². The summed E-state index contributed by atoms with van der Waals surface area (Å²) in [5.41, 5.74) is 1.85. The van der Waals surface area contributed by atoms with E-state index in [-0.39, 0.29) is 11.5 Å². The van der Waals surface area contributed by atoms with E-state index >= 15 is 0 Å². The van der Waals surface area contributed by atoms with Crippen molar-refractivity contribution in [2.75, 3.05) is 5.32 Å². The monoisotopic (exact) mass is 399 g/mol. The van der Waals surface area contributed by atoms with Gasteiger partial charge in [0.05, 0.1) is 16.6 Å². The van der Waals surface area contributed by atoms with E-state index in [1.807, 2.05) is 36.4 Å². The maximum Gasteiger partial charge on any atom is 0.265 e. The van der Waals surface area contributed by atoms with Gasteiger partial charge in [-0.2, -0.15) is 0 Å². The van der Waals surface area contributed by atoms with Crippen LogP contribution < -0.4 is 15.6 Å². The molecule has 1 atom stereocenters. The molecule has 0 spiro atoms. The van der Waals surface area contributed by atoms with Crippen LogP contribution in [-0.2, 0) is 4.79 Å². The zero-order valence-corrected chi connectivity index (χ0v) is 16.7. The van der Waals surface area contributed by atoms with Crippen molar-refractivity contribution in [3.8, 4) is 11.4 Å². The molecule has 1 aromatic heterocycles. The maximum atomic E-state index is 12.9. The summed E-state index contributed by atoms with van der Waals surface area (Å²) in [5, 5.41) is 3.39. The predicted octanol–water partition coefficient (Wildman–Crippen LogP) is 4.10. The fraction of sp³-hybridized carbons (Fsp3) is 0.125. The van der Waals surface area contributed by atoms with Gasteiger partial charge in [-0.25, -0.2) is 4.98 Å². The summed E-state index contributed by atoms with van der Waals surface area (Å²) in [7, 11) is 0. The molecule has 150 valence electrons. The molecule has 0 radical (unpaired) electrons. The van der Waals surface area contributed by atoms with Gasteiger partial charge in [0.1, 0.15) is 11.6 Å². The summed E-state index contributed by atoms with van der Waals surface area (Å²) in [4.78, 5) is 29.9. The predicted molar refractivity (Wildman–Crippen MR) is 117 cm³/mol. The number of benzene rings is 3. The standard InChI is InChI=1S/C24H21N3O3/c1-16(30-20-8-4-3-5-9-20)23(28)26-18-12-14-19(15-13-18)27-17(2)25-22-11-7-6-10-21(22)24(27)29/h3-16H,1-2H3,(H,26,28)/t16-/m1/s1. The molecule has 0 aliphatic rings. The van der Waals surface area contributed by atoms with Crippen molar-refractivity contribution in [2.24, 2.45) is 0 Å². The number of amides is 1. The SMILES string of the molecule is Cc1nc2ccccc2c(=O)n1-c1ccc(NC(=O)[C@@H](C)Oc2ccccc2)cc1. The van der Waals surface area contributed by atoms with Gasteiger partial charge >= 0.3 is 0 Å². The molecule has 4 aromatic rings. The number of anilines is 1. The van der Waals surface area contributed by atoms with Crippen LogP contribution in [0.25, 0.3) is 16.6 Å². The summed E-state index contributed by atoms with van der Waals surface area (Å²) in [6.45, 7) is 3.49. The summed E-state index contributed by atoms with van der Waals surface area (Å²) in [6.07, 6.45) is -0.651. The number of carbonyl (C=O) groups is 1. The highest BCUT2D eigenvalue weighted by Crippen LogP contribution is 2.17. The van der Waals surface area contributed by atoms with E-state index in [1.54, 1.807) is 60.9 Å². The molecule has 6 heteroatoms. The van der Waals surface area contributed by atoms with Gasteiger partial charge in [0.25, 0.3) is 11.5 Å².